The molecule has 5 heteroatoms. The summed E-state index contributed by atoms with van der Waals surface area (Å²) in [5, 5.41) is 0. The molecule has 5 nitrogen and oxygen atoms in total. The van der Waals surface area contributed by atoms with Crippen LogP contribution < -0.4 is 4.74 Å². The summed E-state index contributed by atoms with van der Waals surface area (Å²) in [6, 6.07) is 0. The molecule has 0 N–H and O–H groups in total. The smallest absolute Gasteiger partial charge is 0.389 e. The van der Waals surface area contributed by atoms with Crippen LogP contribution in [0.4, 0.5) is 4.79 Å². The molecule has 0 unspecified atom stereocenters. The van der Waals surface area contributed by atoms with E-state index in [1.54, 1.807) is 11.1 Å². The van der Waals surface area contributed by atoms with E-state index in [0.29, 0.717) is 5.41 Å². The summed E-state index contributed by atoms with van der Waals surface area (Å²) in [6.07, 6.45) is 7.99. The molecule has 0 radical (unpaired) electrons. The van der Waals surface area contributed by atoms with E-state index in [-0.39, 0.29) is 12.0 Å². The highest BCUT2D eigenvalue weighted by atomic mass is 16.6. The Bertz CT molecular complexity index is 395. The van der Waals surface area contributed by atoms with Crippen LogP contribution in [0.3, 0.4) is 0 Å². The fourth-order valence-corrected chi connectivity index (χ4v) is 2.38. The molecule has 0 aromatic carbocycles. The third-order valence-corrected chi connectivity index (χ3v) is 3.46. The monoisotopic (exact) mass is 219 g/mol. The Kier molecular flexibility index (Phi) is 2.05. The SMILES string of the molecule is O=C(Oc1cnccn1)N1CC2(CCC2)C1. The van der Waals surface area contributed by atoms with Crippen LogP contribution in [-0.4, -0.2) is 34.1 Å². The Morgan fingerprint density at radius 3 is 2.75 bits per heavy atom. The second-order valence-corrected chi connectivity index (χ2v) is 4.62. The molecule has 2 aliphatic rings. The summed E-state index contributed by atoms with van der Waals surface area (Å²) in [5.41, 5.74) is 0.432. The number of amides is 1. The fourth-order valence-electron chi connectivity index (χ4n) is 2.38. The molecule has 3 rings (SSSR count). The normalized spacial score (nSPS) is 21.1. The zero-order valence-corrected chi connectivity index (χ0v) is 8.93. The Hall–Kier alpha value is -1.65. The maximum Gasteiger partial charge on any atom is 0.416 e. The minimum atomic E-state index is -0.307. The van der Waals surface area contributed by atoms with Gasteiger partial charge in [0.05, 0.1) is 6.20 Å². The largest absolute Gasteiger partial charge is 0.416 e. The molecule has 16 heavy (non-hydrogen) atoms. The molecule has 1 amide bonds. The van der Waals surface area contributed by atoms with Gasteiger partial charge in [0.25, 0.3) is 0 Å². The minimum Gasteiger partial charge on any atom is -0.389 e. The average molecular weight is 219 g/mol. The van der Waals surface area contributed by atoms with E-state index in [9.17, 15) is 4.79 Å². The number of carbonyl (C=O) groups excluding carboxylic acids is 1. The van der Waals surface area contributed by atoms with Crippen molar-refractivity contribution in [2.45, 2.75) is 19.3 Å². The van der Waals surface area contributed by atoms with Crippen LogP contribution in [0.25, 0.3) is 0 Å². The third-order valence-electron chi connectivity index (χ3n) is 3.46. The topological polar surface area (TPSA) is 55.3 Å². The Balaban J connectivity index is 1.55. The van der Waals surface area contributed by atoms with Gasteiger partial charge in [0, 0.05) is 30.9 Å². The van der Waals surface area contributed by atoms with Crippen LogP contribution in [0.2, 0.25) is 0 Å². The predicted molar refractivity (Wildman–Crippen MR) is 55.9 cm³/mol. The van der Waals surface area contributed by atoms with E-state index >= 15 is 0 Å². The Morgan fingerprint density at radius 2 is 2.19 bits per heavy atom. The van der Waals surface area contributed by atoms with E-state index < -0.39 is 0 Å². The number of carbonyl (C=O) groups is 1. The number of nitrogens with zero attached hydrogens (tertiary/aromatic N) is 3. The van der Waals surface area contributed by atoms with Crippen molar-refractivity contribution in [2.75, 3.05) is 13.1 Å². The zero-order valence-electron chi connectivity index (χ0n) is 8.93. The van der Waals surface area contributed by atoms with Gasteiger partial charge in [0.2, 0.25) is 5.88 Å². The summed E-state index contributed by atoms with van der Waals surface area (Å²) in [5.74, 6) is 0.266. The van der Waals surface area contributed by atoms with Crippen molar-refractivity contribution in [3.63, 3.8) is 0 Å². The summed E-state index contributed by atoms with van der Waals surface area (Å²) in [4.78, 5) is 21.1. The van der Waals surface area contributed by atoms with Gasteiger partial charge in [-0.25, -0.2) is 9.78 Å². The van der Waals surface area contributed by atoms with Crippen LogP contribution in [0, 0.1) is 5.41 Å². The molecule has 1 aliphatic heterocycles. The number of rotatable bonds is 1. The fraction of sp³-hybridized carbons (Fsp3) is 0.545. The number of hydrogen-bond donors (Lipinski definition) is 0. The van der Waals surface area contributed by atoms with Gasteiger partial charge in [0.15, 0.2) is 0 Å². The van der Waals surface area contributed by atoms with Gasteiger partial charge >= 0.3 is 6.09 Å². The molecule has 1 saturated carbocycles. The predicted octanol–water partition coefficient (Wildman–Crippen LogP) is 1.46. The van der Waals surface area contributed by atoms with Crippen molar-refractivity contribution in [1.29, 1.82) is 0 Å². The third kappa shape index (κ3) is 1.52. The van der Waals surface area contributed by atoms with Crippen molar-refractivity contribution in [3.8, 4) is 5.88 Å². The van der Waals surface area contributed by atoms with Gasteiger partial charge in [-0.2, -0.15) is 0 Å². The summed E-state index contributed by atoms with van der Waals surface area (Å²) < 4.78 is 5.09. The molecule has 2 heterocycles. The molecule has 84 valence electrons. The molecular formula is C11H13N3O2. The lowest BCUT2D eigenvalue weighted by atomic mass is 9.64. The van der Waals surface area contributed by atoms with Gasteiger partial charge in [-0.15, -0.1) is 0 Å². The van der Waals surface area contributed by atoms with Crippen LogP contribution in [0.5, 0.6) is 5.88 Å². The van der Waals surface area contributed by atoms with E-state index in [0.717, 1.165) is 13.1 Å². The van der Waals surface area contributed by atoms with Crippen molar-refractivity contribution in [2.24, 2.45) is 5.41 Å². The molecule has 0 atom stereocenters. The van der Waals surface area contributed by atoms with E-state index in [1.165, 1.54) is 31.7 Å². The van der Waals surface area contributed by atoms with Crippen molar-refractivity contribution >= 4 is 6.09 Å². The summed E-state index contributed by atoms with van der Waals surface area (Å²) >= 11 is 0. The lowest BCUT2D eigenvalue weighted by molar-refractivity contribution is -0.0431. The van der Waals surface area contributed by atoms with Crippen LogP contribution in [-0.2, 0) is 0 Å². The second kappa shape index (κ2) is 3.43. The standard InChI is InChI=1S/C11H13N3O2/c15-10(16-9-6-12-4-5-13-9)14-7-11(8-14)2-1-3-11/h4-6H,1-3,7-8H2. The number of ether oxygens (including phenoxy) is 1. The first kappa shape index (κ1) is 9.57. The Morgan fingerprint density at radius 1 is 1.38 bits per heavy atom. The summed E-state index contributed by atoms with van der Waals surface area (Å²) in [7, 11) is 0. The zero-order chi connectivity index (χ0) is 11.0. The highest BCUT2D eigenvalue weighted by Gasteiger charge is 2.49. The van der Waals surface area contributed by atoms with Crippen molar-refractivity contribution in [3.05, 3.63) is 18.6 Å². The van der Waals surface area contributed by atoms with Crippen LogP contribution in [0.1, 0.15) is 19.3 Å². The lowest BCUT2D eigenvalue weighted by Crippen LogP contribution is -2.62. The minimum absolute atomic E-state index is 0.266. The second-order valence-electron chi connectivity index (χ2n) is 4.62. The molecular weight excluding hydrogens is 206 g/mol. The average Bonchev–Trinajstić information content (AvgIpc) is 2.14. The summed E-state index contributed by atoms with van der Waals surface area (Å²) in [6.45, 7) is 1.68. The molecule has 1 aromatic heterocycles. The van der Waals surface area contributed by atoms with Gasteiger partial charge in [-0.05, 0) is 12.8 Å². The van der Waals surface area contributed by atoms with Crippen molar-refractivity contribution in [1.82, 2.24) is 14.9 Å². The highest BCUT2D eigenvalue weighted by molar-refractivity contribution is 5.71. The molecule has 0 bridgehead atoms. The van der Waals surface area contributed by atoms with Crippen LogP contribution in [0.15, 0.2) is 18.6 Å². The molecule has 1 aromatic rings. The lowest BCUT2D eigenvalue weighted by Gasteiger charge is -2.55. The van der Waals surface area contributed by atoms with Crippen LogP contribution >= 0.6 is 0 Å². The molecule has 2 fully saturated rings. The maximum atomic E-state index is 11.7. The van der Waals surface area contributed by atoms with Crippen molar-refractivity contribution < 1.29 is 9.53 Å². The van der Waals surface area contributed by atoms with Gasteiger partial charge in [-0.3, -0.25) is 4.98 Å². The first-order valence-corrected chi connectivity index (χ1v) is 5.50. The molecule has 1 saturated heterocycles. The van der Waals surface area contributed by atoms with Gasteiger partial charge < -0.3 is 9.64 Å². The first-order valence-electron chi connectivity index (χ1n) is 5.50. The highest BCUT2D eigenvalue weighted by Crippen LogP contribution is 2.48. The van der Waals surface area contributed by atoms with Gasteiger partial charge in [-0.1, -0.05) is 6.42 Å². The molecule has 1 aliphatic carbocycles. The number of aromatic nitrogens is 2. The van der Waals surface area contributed by atoms with E-state index in [2.05, 4.69) is 9.97 Å². The quantitative estimate of drug-likeness (QED) is 0.717. The number of likely N-dealkylation sites (tertiary alicyclic amines) is 1. The molecule has 1 spiro atoms. The van der Waals surface area contributed by atoms with Gasteiger partial charge in [0.1, 0.15) is 0 Å². The van der Waals surface area contributed by atoms with E-state index in [4.69, 9.17) is 4.74 Å². The Labute approximate surface area is 93.4 Å². The number of hydrogen-bond acceptors (Lipinski definition) is 4. The first-order chi connectivity index (χ1) is 7.77. The van der Waals surface area contributed by atoms with E-state index in [1.807, 2.05) is 0 Å². The maximum absolute atomic E-state index is 11.7.